The van der Waals surface area contributed by atoms with Gasteiger partial charge in [-0.2, -0.15) is 0 Å². The van der Waals surface area contributed by atoms with Crippen molar-refractivity contribution >= 4 is 11.9 Å². The monoisotopic (exact) mass is 450 g/mol. The second-order valence-corrected chi connectivity index (χ2v) is 7.96. The second kappa shape index (κ2) is 10.3. The van der Waals surface area contributed by atoms with Crippen molar-refractivity contribution in [3.63, 3.8) is 0 Å². The summed E-state index contributed by atoms with van der Waals surface area (Å²) in [5, 5.41) is 3.03. The Hall–Kier alpha value is -3.68. The van der Waals surface area contributed by atoms with Crippen molar-refractivity contribution in [2.45, 2.75) is 19.4 Å². The third kappa shape index (κ3) is 5.39. The zero-order chi connectivity index (χ0) is 23.2. The molecule has 3 aromatic rings. The number of piperidine rings is 1. The van der Waals surface area contributed by atoms with E-state index in [0.29, 0.717) is 30.5 Å². The van der Waals surface area contributed by atoms with Crippen LogP contribution in [0.15, 0.2) is 54.9 Å². The van der Waals surface area contributed by atoms with E-state index in [0.717, 1.165) is 36.1 Å². The molecule has 1 aliphatic heterocycles. The lowest BCUT2D eigenvalue weighted by molar-refractivity contribution is -0.125. The molecule has 0 spiro atoms. The van der Waals surface area contributed by atoms with Crippen LogP contribution >= 0.6 is 0 Å². The van der Waals surface area contributed by atoms with Crippen molar-refractivity contribution in [2.24, 2.45) is 5.92 Å². The topological polar surface area (TPSA) is 76.6 Å². The van der Waals surface area contributed by atoms with E-state index in [1.54, 1.807) is 44.8 Å². The minimum atomic E-state index is -0.278. The zero-order valence-corrected chi connectivity index (χ0v) is 18.8. The molecule has 0 unspecified atom stereocenters. The predicted molar refractivity (Wildman–Crippen MR) is 124 cm³/mol. The summed E-state index contributed by atoms with van der Waals surface area (Å²) in [5.41, 5.74) is 2.56. The molecule has 1 fully saturated rings. The molecule has 0 bridgehead atoms. The van der Waals surface area contributed by atoms with Crippen molar-refractivity contribution in [1.29, 1.82) is 0 Å². The number of amides is 1. The molecule has 2 aromatic carbocycles. The maximum absolute atomic E-state index is 13.1. The fourth-order valence-electron chi connectivity index (χ4n) is 3.97. The lowest BCUT2D eigenvalue weighted by Crippen LogP contribution is -2.43. The van der Waals surface area contributed by atoms with Crippen LogP contribution in [0.5, 0.6) is 11.5 Å². The third-order valence-corrected chi connectivity index (χ3v) is 5.84. The van der Waals surface area contributed by atoms with E-state index in [4.69, 9.17) is 9.47 Å². The van der Waals surface area contributed by atoms with Crippen molar-refractivity contribution in [1.82, 2.24) is 15.3 Å². The molecular weight excluding hydrogens is 423 g/mol. The Morgan fingerprint density at radius 3 is 2.55 bits per heavy atom. The summed E-state index contributed by atoms with van der Waals surface area (Å²) >= 11 is 0. The molecule has 33 heavy (non-hydrogen) atoms. The molecule has 0 radical (unpaired) electrons. The number of carbonyl (C=O) groups is 1. The van der Waals surface area contributed by atoms with Gasteiger partial charge in [-0.1, -0.05) is 12.1 Å². The van der Waals surface area contributed by atoms with Gasteiger partial charge < -0.3 is 19.7 Å². The van der Waals surface area contributed by atoms with E-state index in [2.05, 4.69) is 15.3 Å². The summed E-state index contributed by atoms with van der Waals surface area (Å²) in [5.74, 6) is 1.54. The van der Waals surface area contributed by atoms with Crippen molar-refractivity contribution < 1.29 is 18.7 Å². The van der Waals surface area contributed by atoms with Crippen molar-refractivity contribution in [3.8, 4) is 22.6 Å². The van der Waals surface area contributed by atoms with Crippen LogP contribution in [0, 0.1) is 11.7 Å². The maximum Gasteiger partial charge on any atom is 0.225 e. The van der Waals surface area contributed by atoms with E-state index in [9.17, 15) is 9.18 Å². The van der Waals surface area contributed by atoms with E-state index in [1.165, 1.54) is 12.1 Å². The van der Waals surface area contributed by atoms with Crippen LogP contribution < -0.4 is 19.7 Å². The molecule has 1 aromatic heterocycles. The number of nitrogens with zero attached hydrogens (tertiary/aromatic N) is 3. The minimum absolute atomic E-state index is 0.000466. The van der Waals surface area contributed by atoms with E-state index in [-0.39, 0.29) is 17.6 Å². The minimum Gasteiger partial charge on any atom is -0.497 e. The average molecular weight is 451 g/mol. The number of hydrogen-bond donors (Lipinski definition) is 1. The highest BCUT2D eigenvalue weighted by molar-refractivity contribution is 5.79. The number of nitrogens with one attached hydrogen (secondary N) is 1. The van der Waals surface area contributed by atoms with Crippen LogP contribution in [-0.4, -0.2) is 43.2 Å². The fraction of sp³-hybridized carbons (Fsp3) is 0.320. The number of carbonyl (C=O) groups excluding carboxylic acids is 1. The summed E-state index contributed by atoms with van der Waals surface area (Å²) in [6, 6.07) is 11.8. The normalized spacial score (nSPS) is 15.7. The molecule has 1 amide bonds. The second-order valence-electron chi connectivity index (χ2n) is 7.96. The van der Waals surface area contributed by atoms with Gasteiger partial charge in [0.15, 0.2) is 0 Å². The molecule has 0 aliphatic carbocycles. The predicted octanol–water partition coefficient (Wildman–Crippen LogP) is 3.83. The van der Waals surface area contributed by atoms with Crippen LogP contribution in [0.2, 0.25) is 0 Å². The number of ether oxygens (including phenoxy) is 2. The molecule has 1 saturated heterocycles. The summed E-state index contributed by atoms with van der Waals surface area (Å²) in [6.45, 7) is 1.73. The van der Waals surface area contributed by atoms with E-state index in [1.807, 2.05) is 17.0 Å². The Morgan fingerprint density at radius 1 is 1.09 bits per heavy atom. The van der Waals surface area contributed by atoms with Crippen LogP contribution in [0.4, 0.5) is 10.3 Å². The number of aromatic nitrogens is 2. The van der Waals surface area contributed by atoms with Gasteiger partial charge in [0.25, 0.3) is 0 Å². The quantitative estimate of drug-likeness (QED) is 0.590. The molecule has 7 nitrogen and oxygen atoms in total. The summed E-state index contributed by atoms with van der Waals surface area (Å²) in [6.07, 6.45) is 5.16. The van der Waals surface area contributed by atoms with Gasteiger partial charge in [-0.15, -0.1) is 0 Å². The molecule has 172 valence electrons. The third-order valence-electron chi connectivity index (χ3n) is 5.84. The maximum atomic E-state index is 13.1. The molecule has 1 N–H and O–H groups in total. The van der Waals surface area contributed by atoms with Crippen LogP contribution in [0.1, 0.15) is 18.4 Å². The SMILES string of the molecule is COc1ccc(CNC(=O)[C@@H]2CCCN(c3ncc(-c4ccc(F)cc4)cn3)C2)c(OC)c1. The summed E-state index contributed by atoms with van der Waals surface area (Å²) < 4.78 is 23.8. The first-order chi connectivity index (χ1) is 16.1. The van der Waals surface area contributed by atoms with E-state index < -0.39 is 0 Å². The van der Waals surface area contributed by atoms with Crippen molar-refractivity contribution in [3.05, 3.63) is 66.2 Å². The Labute approximate surface area is 192 Å². The standard InChI is InChI=1S/C25H27FN4O3/c1-32-22-10-7-18(23(12-22)33-2)13-27-24(31)19-4-3-11-30(16-19)25-28-14-20(15-29-25)17-5-8-21(26)9-6-17/h5-10,12,14-15,19H,3-4,11,13,16H2,1-2H3,(H,27,31)/t19-/m1/s1. The van der Waals surface area contributed by atoms with Gasteiger partial charge in [-0.25, -0.2) is 14.4 Å². The zero-order valence-electron chi connectivity index (χ0n) is 18.8. The summed E-state index contributed by atoms with van der Waals surface area (Å²) in [7, 11) is 3.20. The highest BCUT2D eigenvalue weighted by atomic mass is 19.1. The average Bonchev–Trinajstić information content (AvgIpc) is 2.87. The summed E-state index contributed by atoms with van der Waals surface area (Å²) in [4.78, 5) is 23.9. The highest BCUT2D eigenvalue weighted by Gasteiger charge is 2.27. The highest BCUT2D eigenvalue weighted by Crippen LogP contribution is 2.26. The number of rotatable bonds is 7. The Kier molecular flexibility index (Phi) is 7.02. The number of anilines is 1. The Balaban J connectivity index is 1.37. The van der Waals surface area contributed by atoms with Gasteiger partial charge in [0, 0.05) is 49.2 Å². The van der Waals surface area contributed by atoms with Crippen LogP contribution in [0.3, 0.4) is 0 Å². The molecular formula is C25H27FN4O3. The molecule has 4 rings (SSSR count). The van der Waals surface area contributed by atoms with Gasteiger partial charge >= 0.3 is 0 Å². The Bertz CT molecular complexity index is 1090. The molecule has 1 aliphatic rings. The van der Waals surface area contributed by atoms with Crippen molar-refractivity contribution in [2.75, 3.05) is 32.2 Å². The molecule has 2 heterocycles. The first kappa shape index (κ1) is 22.5. The largest absolute Gasteiger partial charge is 0.497 e. The number of halogens is 1. The first-order valence-corrected chi connectivity index (χ1v) is 10.9. The van der Waals surface area contributed by atoms with Gasteiger partial charge in [-0.3, -0.25) is 4.79 Å². The van der Waals surface area contributed by atoms with Gasteiger partial charge in [0.2, 0.25) is 11.9 Å². The van der Waals surface area contributed by atoms with Crippen LogP contribution in [-0.2, 0) is 11.3 Å². The van der Waals surface area contributed by atoms with E-state index >= 15 is 0 Å². The van der Waals surface area contributed by atoms with Gasteiger partial charge in [0.1, 0.15) is 17.3 Å². The number of benzene rings is 2. The molecule has 1 atom stereocenters. The molecule has 8 heteroatoms. The van der Waals surface area contributed by atoms with Crippen LogP contribution in [0.25, 0.3) is 11.1 Å². The fourth-order valence-corrected chi connectivity index (χ4v) is 3.97. The molecule has 0 saturated carbocycles. The lowest BCUT2D eigenvalue weighted by Gasteiger charge is -2.32. The lowest BCUT2D eigenvalue weighted by atomic mass is 9.97. The van der Waals surface area contributed by atoms with Gasteiger partial charge in [0.05, 0.1) is 20.1 Å². The number of hydrogen-bond acceptors (Lipinski definition) is 6. The smallest absolute Gasteiger partial charge is 0.225 e. The first-order valence-electron chi connectivity index (χ1n) is 10.9. The Morgan fingerprint density at radius 2 is 1.85 bits per heavy atom. The number of methoxy groups -OCH3 is 2. The van der Waals surface area contributed by atoms with Gasteiger partial charge in [-0.05, 0) is 42.7 Å².